The summed E-state index contributed by atoms with van der Waals surface area (Å²) in [6, 6.07) is 3.17. The third-order valence-corrected chi connectivity index (χ3v) is 8.53. The van der Waals surface area contributed by atoms with Crippen LogP contribution in [0.2, 0.25) is 4.34 Å². The topological polar surface area (TPSA) is 86.6 Å². The molecule has 1 fully saturated rings. The lowest BCUT2D eigenvalue weighted by Crippen LogP contribution is -2.51. The van der Waals surface area contributed by atoms with E-state index in [0.717, 1.165) is 22.7 Å². The van der Waals surface area contributed by atoms with Gasteiger partial charge in [-0.1, -0.05) is 16.8 Å². The number of fused-ring (bicyclic) bond motifs is 1. The molecule has 2 aromatic rings. The van der Waals surface area contributed by atoms with Gasteiger partial charge in [-0.15, -0.1) is 16.4 Å². The second-order valence-electron chi connectivity index (χ2n) is 6.51. The minimum atomic E-state index is -3.50. The first-order chi connectivity index (χ1) is 12.4. The molecule has 0 radical (unpaired) electrons. The summed E-state index contributed by atoms with van der Waals surface area (Å²) < 4.78 is 40.9. The minimum Gasteiger partial charge on any atom is -0.378 e. The smallest absolute Gasteiger partial charge is 0.252 e. The molecule has 2 aliphatic heterocycles. The van der Waals surface area contributed by atoms with E-state index in [-0.39, 0.29) is 4.21 Å². The Morgan fingerprint density at radius 3 is 2.81 bits per heavy atom. The number of ether oxygens (including phenoxy) is 2. The fourth-order valence-electron chi connectivity index (χ4n) is 3.44. The van der Waals surface area contributed by atoms with Gasteiger partial charge in [-0.2, -0.15) is 4.31 Å². The molecule has 0 aliphatic carbocycles. The fraction of sp³-hybridized carbons (Fsp3) is 0.600. The summed E-state index contributed by atoms with van der Waals surface area (Å²) in [5.41, 5.74) is 1.32. The molecule has 0 bridgehead atoms. The number of hydrogen-bond donors (Lipinski definition) is 0. The zero-order valence-corrected chi connectivity index (χ0v) is 16.6. The summed E-state index contributed by atoms with van der Waals surface area (Å²) in [4.78, 5) is 0. The molecule has 0 atom stereocenters. The van der Waals surface area contributed by atoms with Crippen LogP contribution in [0.3, 0.4) is 0 Å². The van der Waals surface area contributed by atoms with Gasteiger partial charge < -0.3 is 9.47 Å². The molecule has 2 aliphatic rings. The maximum atomic E-state index is 12.7. The average Bonchev–Trinajstić information content (AvgIpc) is 3.22. The van der Waals surface area contributed by atoms with Crippen molar-refractivity contribution < 1.29 is 17.9 Å². The number of methoxy groups -OCH3 is 1. The number of piperidine rings is 1. The van der Waals surface area contributed by atoms with Crippen LogP contribution in [-0.2, 0) is 39.3 Å². The Kier molecular flexibility index (Phi) is 4.82. The van der Waals surface area contributed by atoms with Gasteiger partial charge >= 0.3 is 0 Å². The first kappa shape index (κ1) is 18.3. The molecular weight excluding hydrogens is 400 g/mol. The summed E-state index contributed by atoms with van der Waals surface area (Å²) in [6.45, 7) is 2.22. The Labute approximate surface area is 160 Å². The van der Waals surface area contributed by atoms with Crippen molar-refractivity contribution in [2.45, 2.75) is 42.4 Å². The summed E-state index contributed by atoms with van der Waals surface area (Å²) in [6.07, 6.45) is 1.23. The summed E-state index contributed by atoms with van der Waals surface area (Å²) in [5, 5.41) is 8.36. The van der Waals surface area contributed by atoms with E-state index in [0.29, 0.717) is 50.0 Å². The van der Waals surface area contributed by atoms with Crippen molar-refractivity contribution in [1.29, 1.82) is 0 Å². The van der Waals surface area contributed by atoms with E-state index >= 15 is 0 Å². The average molecular weight is 419 g/mol. The van der Waals surface area contributed by atoms with Crippen LogP contribution in [0.5, 0.6) is 0 Å². The van der Waals surface area contributed by atoms with E-state index in [1.165, 1.54) is 4.31 Å². The van der Waals surface area contributed by atoms with Gasteiger partial charge in [-0.3, -0.25) is 0 Å². The van der Waals surface area contributed by atoms with Gasteiger partial charge in [0.25, 0.3) is 10.0 Å². The first-order valence-electron chi connectivity index (χ1n) is 8.23. The Bertz CT molecular complexity index is 903. The Morgan fingerprint density at radius 1 is 1.38 bits per heavy atom. The van der Waals surface area contributed by atoms with Crippen LogP contribution < -0.4 is 0 Å². The van der Waals surface area contributed by atoms with Crippen molar-refractivity contribution in [2.24, 2.45) is 0 Å². The van der Waals surface area contributed by atoms with Crippen LogP contribution in [0.4, 0.5) is 0 Å². The van der Waals surface area contributed by atoms with E-state index < -0.39 is 15.6 Å². The van der Waals surface area contributed by atoms with E-state index in [9.17, 15) is 8.42 Å². The van der Waals surface area contributed by atoms with Crippen molar-refractivity contribution in [3.63, 3.8) is 0 Å². The molecular formula is C15H19ClN4O4S2. The van der Waals surface area contributed by atoms with Gasteiger partial charge in [0.1, 0.15) is 9.90 Å². The first-order valence-corrected chi connectivity index (χ1v) is 10.9. The zero-order valence-electron chi connectivity index (χ0n) is 14.2. The highest BCUT2D eigenvalue weighted by Gasteiger charge is 2.43. The van der Waals surface area contributed by atoms with E-state index in [1.54, 1.807) is 19.2 Å². The number of sulfonamides is 1. The van der Waals surface area contributed by atoms with Crippen LogP contribution in [0.25, 0.3) is 0 Å². The molecule has 0 N–H and O–H groups in total. The molecule has 0 unspecified atom stereocenters. The molecule has 26 heavy (non-hydrogen) atoms. The number of rotatable bonds is 4. The Balaban J connectivity index is 1.47. The quantitative estimate of drug-likeness (QED) is 0.753. The standard InChI is InChI=1S/C15H19ClN4O4S2/c1-23-8-11-12-9-24-15(10-20(12)18-17-11)4-6-19(7-5-15)26(21,22)14-3-2-13(16)25-14/h2-3H,4-10H2,1H3. The predicted molar refractivity (Wildman–Crippen MR) is 95.6 cm³/mol. The molecule has 8 nitrogen and oxygen atoms in total. The SMILES string of the molecule is COCc1nnn2c1COC1(CCN(S(=O)(=O)c3ccc(Cl)s3)CC1)C2. The van der Waals surface area contributed by atoms with Crippen molar-refractivity contribution in [1.82, 2.24) is 19.3 Å². The number of thiophene rings is 1. The molecule has 0 saturated carbocycles. The van der Waals surface area contributed by atoms with Gasteiger partial charge in [0.05, 0.1) is 35.4 Å². The lowest BCUT2D eigenvalue weighted by atomic mass is 9.91. The van der Waals surface area contributed by atoms with Gasteiger partial charge in [-0.05, 0) is 25.0 Å². The maximum Gasteiger partial charge on any atom is 0.252 e. The highest BCUT2D eigenvalue weighted by molar-refractivity contribution is 7.91. The van der Waals surface area contributed by atoms with Gasteiger partial charge in [-0.25, -0.2) is 13.1 Å². The lowest BCUT2D eigenvalue weighted by Gasteiger charge is -2.43. The fourth-order valence-corrected chi connectivity index (χ4v) is 6.52. The molecule has 4 rings (SSSR count). The van der Waals surface area contributed by atoms with Gasteiger partial charge in [0, 0.05) is 20.2 Å². The van der Waals surface area contributed by atoms with E-state index in [2.05, 4.69) is 10.3 Å². The predicted octanol–water partition coefficient (Wildman–Crippen LogP) is 1.89. The highest BCUT2D eigenvalue weighted by atomic mass is 35.5. The van der Waals surface area contributed by atoms with Crippen molar-refractivity contribution >= 4 is 33.0 Å². The second kappa shape index (κ2) is 6.84. The zero-order chi connectivity index (χ0) is 18.4. The number of halogens is 1. The molecule has 0 aromatic carbocycles. The van der Waals surface area contributed by atoms with Crippen molar-refractivity contribution in [2.75, 3.05) is 20.2 Å². The van der Waals surface area contributed by atoms with Gasteiger partial charge in [0.2, 0.25) is 0 Å². The number of nitrogens with zero attached hydrogens (tertiary/aromatic N) is 4. The Morgan fingerprint density at radius 2 is 2.15 bits per heavy atom. The van der Waals surface area contributed by atoms with Crippen LogP contribution in [0.1, 0.15) is 24.2 Å². The van der Waals surface area contributed by atoms with Gasteiger partial charge in [0.15, 0.2) is 0 Å². The molecule has 142 valence electrons. The minimum absolute atomic E-state index is 0.283. The van der Waals surface area contributed by atoms with Crippen molar-refractivity contribution in [3.05, 3.63) is 27.9 Å². The van der Waals surface area contributed by atoms with Crippen molar-refractivity contribution in [3.8, 4) is 0 Å². The third-order valence-electron chi connectivity index (χ3n) is 4.93. The lowest BCUT2D eigenvalue weighted by molar-refractivity contribution is -0.117. The maximum absolute atomic E-state index is 12.7. The summed E-state index contributed by atoms with van der Waals surface area (Å²) in [7, 11) is -1.88. The van der Waals surface area contributed by atoms with Crippen LogP contribution >= 0.6 is 22.9 Å². The molecule has 1 spiro atoms. The molecule has 11 heteroatoms. The van der Waals surface area contributed by atoms with Crippen LogP contribution in [0.15, 0.2) is 16.3 Å². The summed E-state index contributed by atoms with van der Waals surface area (Å²) in [5.74, 6) is 0. The monoisotopic (exact) mass is 418 g/mol. The highest BCUT2D eigenvalue weighted by Crippen LogP contribution is 2.36. The normalized spacial score (nSPS) is 20.4. The van der Waals surface area contributed by atoms with E-state index in [1.807, 2.05) is 4.68 Å². The number of hydrogen-bond acceptors (Lipinski definition) is 7. The second-order valence-corrected chi connectivity index (χ2v) is 10.4. The molecule has 1 saturated heterocycles. The third kappa shape index (κ3) is 3.19. The molecule has 0 amide bonds. The molecule has 4 heterocycles. The van der Waals surface area contributed by atoms with E-state index in [4.69, 9.17) is 21.1 Å². The molecule has 2 aromatic heterocycles. The largest absolute Gasteiger partial charge is 0.378 e. The van der Waals surface area contributed by atoms with Crippen LogP contribution in [0, 0.1) is 0 Å². The number of aromatic nitrogens is 3. The Hall–Kier alpha value is -1.04. The van der Waals surface area contributed by atoms with Crippen LogP contribution in [-0.4, -0.2) is 53.5 Å². The summed E-state index contributed by atoms with van der Waals surface area (Å²) >= 11 is 6.97.